The van der Waals surface area contributed by atoms with Crippen molar-refractivity contribution in [3.63, 3.8) is 0 Å². The number of anilines is 2. The molecule has 1 atom stereocenters. The van der Waals surface area contributed by atoms with Gasteiger partial charge in [-0.05, 0) is 37.1 Å². The first-order chi connectivity index (χ1) is 17.4. The Labute approximate surface area is 207 Å². The lowest BCUT2D eigenvalue weighted by Crippen LogP contribution is -2.43. The van der Waals surface area contributed by atoms with Crippen molar-refractivity contribution in [2.75, 3.05) is 30.5 Å². The zero-order chi connectivity index (χ0) is 25.2. The number of nitrogens with one attached hydrogen (secondary N) is 2. The van der Waals surface area contributed by atoms with Crippen molar-refractivity contribution < 1.29 is 32.6 Å². The molecule has 2 aliphatic rings. The van der Waals surface area contributed by atoms with Crippen molar-refractivity contribution in [3.05, 3.63) is 58.0 Å². The summed E-state index contributed by atoms with van der Waals surface area (Å²) in [5.74, 6) is -2.61. The number of halogens is 2. The molecular formula is C23H19F2N5O5S. The molecule has 3 aromatic rings. The smallest absolute Gasteiger partial charge is 0.286 e. The fourth-order valence-electron chi connectivity index (χ4n) is 3.90. The summed E-state index contributed by atoms with van der Waals surface area (Å²) in [7, 11) is 0. The molecule has 0 saturated carbocycles. The third kappa shape index (κ3) is 4.96. The summed E-state index contributed by atoms with van der Waals surface area (Å²) in [6.07, 6.45) is 1.05. The number of fused-ring (bicyclic) bond motifs is 1. The molecule has 1 saturated heterocycles. The molecule has 10 nitrogen and oxygen atoms in total. The Kier molecular flexibility index (Phi) is 6.46. The molecule has 0 spiro atoms. The Morgan fingerprint density at radius 2 is 1.81 bits per heavy atom. The zero-order valence-corrected chi connectivity index (χ0v) is 19.4. The molecule has 3 heterocycles. The lowest BCUT2D eigenvalue weighted by Gasteiger charge is -2.31. The van der Waals surface area contributed by atoms with Crippen LogP contribution in [0, 0.1) is 17.6 Å². The van der Waals surface area contributed by atoms with Gasteiger partial charge >= 0.3 is 0 Å². The van der Waals surface area contributed by atoms with Crippen LogP contribution in [0.5, 0.6) is 11.5 Å². The second-order valence-corrected chi connectivity index (χ2v) is 9.12. The monoisotopic (exact) mass is 515 g/mol. The topological polar surface area (TPSA) is 123 Å². The first kappa shape index (κ1) is 23.6. The molecular weight excluding hydrogens is 496 g/mol. The molecule has 2 N–H and O–H groups in total. The van der Waals surface area contributed by atoms with Crippen LogP contribution in [0.2, 0.25) is 0 Å². The van der Waals surface area contributed by atoms with Crippen LogP contribution in [-0.4, -0.2) is 52.7 Å². The normalized spacial score (nSPS) is 16.5. The van der Waals surface area contributed by atoms with Crippen LogP contribution < -0.4 is 20.1 Å². The van der Waals surface area contributed by atoms with Crippen molar-refractivity contribution >= 4 is 40.4 Å². The van der Waals surface area contributed by atoms with Crippen LogP contribution >= 0.6 is 11.3 Å². The minimum atomic E-state index is -0.882. The Morgan fingerprint density at radius 3 is 2.64 bits per heavy atom. The highest BCUT2D eigenvalue weighted by atomic mass is 32.1. The number of aromatic nitrogens is 2. The summed E-state index contributed by atoms with van der Waals surface area (Å²) in [5, 5.41) is 12.8. The maximum absolute atomic E-state index is 13.9. The van der Waals surface area contributed by atoms with E-state index in [1.54, 1.807) is 18.2 Å². The fourth-order valence-corrected chi connectivity index (χ4v) is 4.60. The van der Waals surface area contributed by atoms with Gasteiger partial charge in [-0.1, -0.05) is 11.3 Å². The van der Waals surface area contributed by atoms with Crippen molar-refractivity contribution in [2.24, 2.45) is 5.92 Å². The van der Waals surface area contributed by atoms with Gasteiger partial charge in [-0.2, -0.15) is 0 Å². The maximum atomic E-state index is 13.9. The zero-order valence-electron chi connectivity index (χ0n) is 18.6. The quantitative estimate of drug-likeness (QED) is 0.535. The van der Waals surface area contributed by atoms with Gasteiger partial charge < -0.3 is 25.0 Å². The fraction of sp³-hybridized carbons (Fsp3) is 0.261. The van der Waals surface area contributed by atoms with Gasteiger partial charge in [0.25, 0.3) is 11.8 Å². The summed E-state index contributed by atoms with van der Waals surface area (Å²) in [6, 6.07) is 7.80. The van der Waals surface area contributed by atoms with Gasteiger partial charge in [-0.3, -0.25) is 14.4 Å². The van der Waals surface area contributed by atoms with Crippen LogP contribution in [0.3, 0.4) is 0 Å². The molecule has 36 heavy (non-hydrogen) atoms. The SMILES string of the molecule is O=C(Nc1ccc2c(c1)OCO2)c1nnc(C(=O)N2CCCC(C(=O)Nc3ccc(F)cc3F)C2)s1. The highest BCUT2D eigenvalue weighted by Crippen LogP contribution is 2.34. The van der Waals surface area contributed by atoms with E-state index in [-0.39, 0.29) is 29.0 Å². The van der Waals surface area contributed by atoms with E-state index < -0.39 is 35.3 Å². The lowest BCUT2D eigenvalue weighted by atomic mass is 9.97. The number of likely N-dealkylation sites (tertiary alicyclic amines) is 1. The van der Waals surface area contributed by atoms with Crippen LogP contribution in [0.1, 0.15) is 32.4 Å². The van der Waals surface area contributed by atoms with Crippen molar-refractivity contribution in [1.29, 1.82) is 0 Å². The summed E-state index contributed by atoms with van der Waals surface area (Å²) in [5.41, 5.74) is 0.335. The van der Waals surface area contributed by atoms with E-state index >= 15 is 0 Å². The summed E-state index contributed by atoms with van der Waals surface area (Å²) < 4.78 is 37.5. The van der Waals surface area contributed by atoms with E-state index in [9.17, 15) is 23.2 Å². The Morgan fingerprint density at radius 1 is 1.00 bits per heavy atom. The lowest BCUT2D eigenvalue weighted by molar-refractivity contribution is -0.121. The molecule has 13 heteroatoms. The molecule has 0 bridgehead atoms. The van der Waals surface area contributed by atoms with Gasteiger partial charge in [0.05, 0.1) is 11.6 Å². The number of nitrogens with zero attached hydrogens (tertiary/aromatic N) is 3. The van der Waals surface area contributed by atoms with Crippen molar-refractivity contribution in [2.45, 2.75) is 12.8 Å². The average Bonchev–Trinajstić information content (AvgIpc) is 3.55. The van der Waals surface area contributed by atoms with Crippen molar-refractivity contribution in [3.8, 4) is 11.5 Å². The summed E-state index contributed by atoms with van der Waals surface area (Å²) in [6.45, 7) is 0.592. The third-order valence-electron chi connectivity index (χ3n) is 5.70. The van der Waals surface area contributed by atoms with Crippen LogP contribution in [0.15, 0.2) is 36.4 Å². The van der Waals surface area contributed by atoms with E-state index in [0.29, 0.717) is 42.6 Å². The number of ether oxygens (including phenoxy) is 2. The number of benzene rings is 2. The average molecular weight is 515 g/mol. The first-order valence-electron chi connectivity index (χ1n) is 11.0. The van der Waals surface area contributed by atoms with Crippen LogP contribution in [-0.2, 0) is 4.79 Å². The number of carbonyl (C=O) groups excluding carboxylic acids is 3. The molecule has 2 aliphatic heterocycles. The van der Waals surface area contributed by atoms with Gasteiger partial charge in [0, 0.05) is 30.9 Å². The van der Waals surface area contributed by atoms with Crippen molar-refractivity contribution in [1.82, 2.24) is 15.1 Å². The Balaban J connectivity index is 1.21. The second-order valence-electron chi connectivity index (χ2n) is 8.14. The second kappa shape index (κ2) is 9.85. The number of piperidine rings is 1. The molecule has 1 unspecified atom stereocenters. The summed E-state index contributed by atoms with van der Waals surface area (Å²) >= 11 is 0.836. The van der Waals surface area contributed by atoms with Gasteiger partial charge in [0.2, 0.25) is 22.7 Å². The van der Waals surface area contributed by atoms with Gasteiger partial charge in [-0.15, -0.1) is 10.2 Å². The molecule has 0 aliphatic carbocycles. The van der Waals surface area contributed by atoms with Crippen LogP contribution in [0.25, 0.3) is 0 Å². The van der Waals surface area contributed by atoms with Crippen LogP contribution in [0.4, 0.5) is 20.2 Å². The number of amides is 3. The molecule has 0 radical (unpaired) electrons. The largest absolute Gasteiger partial charge is 0.454 e. The number of rotatable bonds is 5. The van der Waals surface area contributed by atoms with Gasteiger partial charge in [-0.25, -0.2) is 8.78 Å². The molecule has 5 rings (SSSR count). The molecule has 1 fully saturated rings. The molecule has 1 aromatic heterocycles. The highest BCUT2D eigenvalue weighted by Gasteiger charge is 2.31. The maximum Gasteiger partial charge on any atom is 0.286 e. The third-order valence-corrected chi connectivity index (χ3v) is 6.61. The Bertz CT molecular complexity index is 1350. The minimum Gasteiger partial charge on any atom is -0.454 e. The van der Waals surface area contributed by atoms with E-state index in [1.807, 2.05) is 0 Å². The molecule has 186 valence electrons. The molecule has 3 amide bonds. The number of carbonyl (C=O) groups is 3. The van der Waals surface area contributed by atoms with E-state index in [1.165, 1.54) is 4.90 Å². The minimum absolute atomic E-state index is 0.00546. The van der Waals surface area contributed by atoms with E-state index in [2.05, 4.69) is 20.8 Å². The molecule has 2 aromatic carbocycles. The summed E-state index contributed by atoms with van der Waals surface area (Å²) in [4.78, 5) is 39.7. The predicted octanol–water partition coefficient (Wildman–Crippen LogP) is 3.29. The van der Waals surface area contributed by atoms with E-state index in [4.69, 9.17) is 9.47 Å². The Hall–Kier alpha value is -4.13. The number of hydrogen-bond acceptors (Lipinski definition) is 8. The standard InChI is InChI=1S/C23H19F2N5O5S/c24-13-3-5-16(15(25)8-13)27-19(31)12-2-1-7-30(10-12)23(33)22-29-28-21(36-22)20(32)26-14-4-6-17-18(9-14)35-11-34-17/h3-6,8-9,12H,1-2,7,10-11H2,(H,26,32)(H,27,31). The first-order valence-corrected chi connectivity index (χ1v) is 11.8. The number of hydrogen-bond donors (Lipinski definition) is 2. The predicted molar refractivity (Wildman–Crippen MR) is 124 cm³/mol. The van der Waals surface area contributed by atoms with E-state index in [0.717, 1.165) is 23.5 Å². The van der Waals surface area contributed by atoms with Gasteiger partial charge in [0.1, 0.15) is 11.6 Å². The van der Waals surface area contributed by atoms with Gasteiger partial charge in [0.15, 0.2) is 11.5 Å². The highest BCUT2D eigenvalue weighted by molar-refractivity contribution is 7.15.